The van der Waals surface area contributed by atoms with Gasteiger partial charge in [-0.05, 0) is 45.0 Å². The van der Waals surface area contributed by atoms with Crippen molar-refractivity contribution in [3.05, 3.63) is 46.7 Å². The van der Waals surface area contributed by atoms with Gasteiger partial charge in [-0.2, -0.15) is 5.10 Å². The lowest BCUT2D eigenvalue weighted by molar-refractivity contribution is 0.420. The van der Waals surface area contributed by atoms with Crippen molar-refractivity contribution in [2.24, 2.45) is 0 Å². The topological polar surface area (TPSA) is 29.9 Å². The van der Waals surface area contributed by atoms with Gasteiger partial charge in [-0.15, -0.1) is 0 Å². The molecule has 0 spiro atoms. The number of hydrogen-bond donors (Lipinski definition) is 1. The molecule has 0 atom stereocenters. The maximum atomic E-state index is 4.56. The van der Waals surface area contributed by atoms with E-state index in [0.717, 1.165) is 22.4 Å². The van der Waals surface area contributed by atoms with Crippen LogP contribution in [0.4, 0.5) is 0 Å². The van der Waals surface area contributed by atoms with Crippen LogP contribution in [0.2, 0.25) is 0 Å². The van der Waals surface area contributed by atoms with Gasteiger partial charge in [0.2, 0.25) is 0 Å². The minimum absolute atomic E-state index is 0.111. The average Bonchev–Trinajstić information content (AvgIpc) is 2.74. The third-order valence-corrected chi connectivity index (χ3v) is 3.01. The van der Waals surface area contributed by atoms with Gasteiger partial charge in [-0.25, -0.2) is 4.68 Å². The van der Waals surface area contributed by atoms with Crippen molar-refractivity contribution in [3.63, 3.8) is 0 Å². The number of nitrogens with one attached hydrogen (secondary N) is 1. The molecule has 0 saturated carbocycles. The van der Waals surface area contributed by atoms with Crippen LogP contribution in [0.15, 0.2) is 41.0 Å². The number of nitrogens with zero attached hydrogens (tertiary/aromatic N) is 2. The Hall–Kier alpha value is -1.13. The van der Waals surface area contributed by atoms with Gasteiger partial charge in [-0.3, -0.25) is 0 Å². The van der Waals surface area contributed by atoms with Crippen LogP contribution in [0, 0.1) is 0 Å². The van der Waals surface area contributed by atoms with Crippen molar-refractivity contribution in [1.29, 1.82) is 0 Å². The summed E-state index contributed by atoms with van der Waals surface area (Å²) in [5.74, 6) is 0. The molecule has 0 unspecified atom stereocenters. The molecular formula is C14H18BrN3. The van der Waals surface area contributed by atoms with Gasteiger partial charge in [0.05, 0.1) is 11.4 Å². The van der Waals surface area contributed by atoms with Gasteiger partial charge in [0.25, 0.3) is 0 Å². The van der Waals surface area contributed by atoms with Crippen LogP contribution in [-0.2, 0) is 6.54 Å². The standard InChI is InChI=1S/C14H18BrN3/c1-14(2,3)16-10-12-7-8-18(17-12)13-6-4-5-11(15)9-13/h4-9,16H,10H2,1-3H3. The minimum Gasteiger partial charge on any atom is -0.306 e. The summed E-state index contributed by atoms with van der Waals surface area (Å²) in [5.41, 5.74) is 2.22. The highest BCUT2D eigenvalue weighted by Crippen LogP contribution is 2.15. The summed E-state index contributed by atoms with van der Waals surface area (Å²) in [5, 5.41) is 7.99. The largest absolute Gasteiger partial charge is 0.306 e. The zero-order valence-corrected chi connectivity index (χ0v) is 12.5. The Morgan fingerprint density at radius 1 is 1.28 bits per heavy atom. The van der Waals surface area contributed by atoms with Gasteiger partial charge in [0.15, 0.2) is 0 Å². The first kappa shape index (κ1) is 13.3. The van der Waals surface area contributed by atoms with Crippen molar-refractivity contribution in [2.45, 2.75) is 32.9 Å². The highest BCUT2D eigenvalue weighted by molar-refractivity contribution is 9.10. The molecule has 0 radical (unpaired) electrons. The maximum absolute atomic E-state index is 4.56. The third-order valence-electron chi connectivity index (χ3n) is 2.52. The van der Waals surface area contributed by atoms with Crippen molar-refractivity contribution in [1.82, 2.24) is 15.1 Å². The maximum Gasteiger partial charge on any atom is 0.0767 e. The molecule has 18 heavy (non-hydrogen) atoms. The predicted molar refractivity (Wildman–Crippen MR) is 77.9 cm³/mol. The Labute approximate surface area is 116 Å². The van der Waals surface area contributed by atoms with Crippen molar-refractivity contribution in [3.8, 4) is 5.69 Å². The van der Waals surface area contributed by atoms with Crippen molar-refractivity contribution >= 4 is 15.9 Å². The van der Waals surface area contributed by atoms with E-state index >= 15 is 0 Å². The molecule has 4 heteroatoms. The quantitative estimate of drug-likeness (QED) is 0.940. The SMILES string of the molecule is CC(C)(C)NCc1ccn(-c2cccc(Br)c2)n1. The summed E-state index contributed by atoms with van der Waals surface area (Å²) in [6, 6.07) is 10.1. The summed E-state index contributed by atoms with van der Waals surface area (Å²) < 4.78 is 2.95. The first-order valence-corrected chi connectivity index (χ1v) is 6.79. The Morgan fingerprint density at radius 3 is 2.72 bits per heavy atom. The zero-order valence-electron chi connectivity index (χ0n) is 10.9. The van der Waals surface area contributed by atoms with Crippen LogP contribution in [-0.4, -0.2) is 15.3 Å². The number of benzene rings is 1. The number of rotatable bonds is 3. The lowest BCUT2D eigenvalue weighted by atomic mass is 10.1. The molecule has 1 heterocycles. The summed E-state index contributed by atoms with van der Waals surface area (Å²) in [6.07, 6.45) is 1.99. The Kier molecular flexibility index (Phi) is 3.88. The van der Waals surface area contributed by atoms with E-state index in [1.165, 1.54) is 0 Å². The second-order valence-corrected chi connectivity index (χ2v) is 6.25. The molecule has 0 saturated heterocycles. The second-order valence-electron chi connectivity index (χ2n) is 5.34. The fourth-order valence-corrected chi connectivity index (χ4v) is 1.96. The van der Waals surface area contributed by atoms with E-state index in [9.17, 15) is 0 Å². The molecule has 0 aliphatic rings. The van der Waals surface area contributed by atoms with E-state index in [4.69, 9.17) is 0 Å². The average molecular weight is 308 g/mol. The fourth-order valence-electron chi connectivity index (χ4n) is 1.57. The lowest BCUT2D eigenvalue weighted by Gasteiger charge is -2.19. The highest BCUT2D eigenvalue weighted by atomic mass is 79.9. The van der Waals surface area contributed by atoms with E-state index in [0.29, 0.717) is 0 Å². The summed E-state index contributed by atoms with van der Waals surface area (Å²) >= 11 is 3.47. The molecule has 3 nitrogen and oxygen atoms in total. The smallest absolute Gasteiger partial charge is 0.0767 e. The van der Waals surface area contributed by atoms with Crippen LogP contribution < -0.4 is 5.32 Å². The molecule has 0 fully saturated rings. The van der Waals surface area contributed by atoms with E-state index in [1.807, 2.05) is 41.2 Å². The highest BCUT2D eigenvalue weighted by Gasteiger charge is 2.09. The van der Waals surface area contributed by atoms with E-state index in [2.05, 4.69) is 47.1 Å². The van der Waals surface area contributed by atoms with Crippen LogP contribution >= 0.6 is 15.9 Å². The summed E-state index contributed by atoms with van der Waals surface area (Å²) in [7, 11) is 0. The van der Waals surface area contributed by atoms with E-state index in [-0.39, 0.29) is 5.54 Å². The molecule has 1 N–H and O–H groups in total. The van der Waals surface area contributed by atoms with Gasteiger partial charge in [0, 0.05) is 22.8 Å². The number of halogens is 1. The number of hydrogen-bond acceptors (Lipinski definition) is 2. The third kappa shape index (κ3) is 3.68. The monoisotopic (exact) mass is 307 g/mol. The van der Waals surface area contributed by atoms with Gasteiger partial charge in [0.1, 0.15) is 0 Å². The molecule has 2 rings (SSSR count). The molecule has 0 bridgehead atoms. The molecule has 96 valence electrons. The molecule has 0 aliphatic heterocycles. The summed E-state index contributed by atoms with van der Waals surface area (Å²) in [6.45, 7) is 7.24. The molecule has 1 aromatic heterocycles. The fraction of sp³-hybridized carbons (Fsp3) is 0.357. The lowest BCUT2D eigenvalue weighted by Crippen LogP contribution is -2.35. The molecule has 0 amide bonds. The van der Waals surface area contributed by atoms with Crippen molar-refractivity contribution < 1.29 is 0 Å². The predicted octanol–water partition coefficient (Wildman–Crippen LogP) is 3.52. The first-order valence-electron chi connectivity index (χ1n) is 5.99. The molecule has 2 aromatic rings. The molecular weight excluding hydrogens is 290 g/mol. The normalized spacial score (nSPS) is 11.8. The van der Waals surface area contributed by atoms with E-state index in [1.54, 1.807) is 0 Å². The summed E-state index contributed by atoms with van der Waals surface area (Å²) in [4.78, 5) is 0. The van der Waals surface area contributed by atoms with E-state index < -0.39 is 0 Å². The van der Waals surface area contributed by atoms with Crippen LogP contribution in [0.3, 0.4) is 0 Å². The van der Waals surface area contributed by atoms with Crippen molar-refractivity contribution in [2.75, 3.05) is 0 Å². The number of aromatic nitrogens is 2. The molecule has 1 aromatic carbocycles. The molecule has 0 aliphatic carbocycles. The van der Waals surface area contributed by atoms with Crippen LogP contribution in [0.5, 0.6) is 0 Å². The Balaban J connectivity index is 2.11. The zero-order chi connectivity index (χ0) is 13.2. The Bertz CT molecular complexity index is 526. The van der Waals surface area contributed by atoms with Gasteiger partial charge < -0.3 is 5.32 Å². The first-order chi connectivity index (χ1) is 8.44. The van der Waals surface area contributed by atoms with Crippen LogP contribution in [0.25, 0.3) is 5.69 Å². The Morgan fingerprint density at radius 2 is 2.06 bits per heavy atom. The van der Waals surface area contributed by atoms with Gasteiger partial charge >= 0.3 is 0 Å². The minimum atomic E-state index is 0.111. The van der Waals surface area contributed by atoms with Crippen LogP contribution in [0.1, 0.15) is 26.5 Å². The van der Waals surface area contributed by atoms with Gasteiger partial charge in [-0.1, -0.05) is 22.0 Å². The second kappa shape index (κ2) is 5.24.